The second kappa shape index (κ2) is 6.74. The summed E-state index contributed by atoms with van der Waals surface area (Å²) in [5, 5.41) is 3.93. The number of halogens is 1. The van der Waals surface area contributed by atoms with E-state index in [0.717, 1.165) is 31.5 Å². The Balaban J connectivity index is 1.53. The van der Waals surface area contributed by atoms with Gasteiger partial charge < -0.3 is 10.1 Å². The number of alkyl halides is 1. The summed E-state index contributed by atoms with van der Waals surface area (Å²) in [6, 6.07) is 0. The molecule has 4 heteroatoms. The van der Waals surface area contributed by atoms with Crippen molar-refractivity contribution in [3.63, 3.8) is 0 Å². The minimum atomic E-state index is 0.294. The Kier molecular flexibility index (Phi) is 5.29. The molecule has 2 rings (SSSR count). The molecule has 0 saturated heterocycles. The van der Waals surface area contributed by atoms with Crippen LogP contribution in [0.15, 0.2) is 0 Å². The summed E-state index contributed by atoms with van der Waals surface area (Å²) >= 11 is 3.31. The molecule has 2 atom stereocenters. The SMILES string of the molecule is O=C(NCCCOCCBr)C1C2CCCCC21. The summed E-state index contributed by atoms with van der Waals surface area (Å²) in [4.78, 5) is 11.9. The van der Waals surface area contributed by atoms with Crippen LogP contribution >= 0.6 is 15.9 Å². The van der Waals surface area contributed by atoms with Gasteiger partial charge in [-0.05, 0) is 31.1 Å². The number of hydrogen-bond donors (Lipinski definition) is 1. The van der Waals surface area contributed by atoms with Crippen molar-refractivity contribution >= 4 is 21.8 Å². The Hall–Kier alpha value is -0.0900. The lowest BCUT2D eigenvalue weighted by Crippen LogP contribution is -2.27. The summed E-state index contributed by atoms with van der Waals surface area (Å²) in [5.41, 5.74) is 0. The summed E-state index contributed by atoms with van der Waals surface area (Å²) < 4.78 is 5.34. The number of rotatable bonds is 7. The molecule has 0 heterocycles. The molecule has 2 unspecified atom stereocenters. The molecule has 2 aliphatic carbocycles. The lowest BCUT2D eigenvalue weighted by Gasteiger charge is -2.05. The maximum Gasteiger partial charge on any atom is 0.223 e. The van der Waals surface area contributed by atoms with Crippen molar-refractivity contribution in [2.24, 2.45) is 17.8 Å². The van der Waals surface area contributed by atoms with Gasteiger partial charge in [0, 0.05) is 24.4 Å². The molecule has 2 aliphatic rings. The molecule has 0 bridgehead atoms. The summed E-state index contributed by atoms with van der Waals surface area (Å²) in [5.74, 6) is 2.07. The van der Waals surface area contributed by atoms with Gasteiger partial charge in [-0.25, -0.2) is 0 Å². The fourth-order valence-electron chi connectivity index (χ4n) is 3.04. The lowest BCUT2D eigenvalue weighted by molar-refractivity contribution is -0.122. The number of hydrogen-bond acceptors (Lipinski definition) is 2. The molecular formula is C13H22BrNO2. The summed E-state index contributed by atoms with van der Waals surface area (Å²) in [6.07, 6.45) is 6.12. The average molecular weight is 304 g/mol. The first-order valence-corrected chi connectivity index (χ1v) is 7.88. The molecule has 0 aromatic carbocycles. The zero-order valence-electron chi connectivity index (χ0n) is 10.3. The normalized spacial score (nSPS) is 30.8. The van der Waals surface area contributed by atoms with Gasteiger partial charge in [0.1, 0.15) is 0 Å². The molecule has 0 spiro atoms. The number of nitrogens with one attached hydrogen (secondary N) is 1. The van der Waals surface area contributed by atoms with E-state index in [1.807, 2.05) is 0 Å². The zero-order chi connectivity index (χ0) is 12.1. The fraction of sp³-hybridized carbons (Fsp3) is 0.923. The quantitative estimate of drug-likeness (QED) is 0.579. The van der Waals surface area contributed by atoms with Gasteiger partial charge in [0.05, 0.1) is 6.61 Å². The van der Waals surface area contributed by atoms with Crippen LogP contribution in [0.3, 0.4) is 0 Å². The van der Waals surface area contributed by atoms with E-state index in [1.165, 1.54) is 25.7 Å². The fourth-order valence-corrected chi connectivity index (χ4v) is 3.27. The second-order valence-electron chi connectivity index (χ2n) is 5.08. The van der Waals surface area contributed by atoms with Crippen molar-refractivity contribution in [3.8, 4) is 0 Å². The van der Waals surface area contributed by atoms with E-state index in [0.29, 0.717) is 23.7 Å². The van der Waals surface area contributed by atoms with Crippen LogP contribution < -0.4 is 5.32 Å². The summed E-state index contributed by atoms with van der Waals surface area (Å²) in [6.45, 7) is 2.25. The van der Waals surface area contributed by atoms with E-state index < -0.39 is 0 Å². The van der Waals surface area contributed by atoms with Gasteiger partial charge in [-0.3, -0.25) is 4.79 Å². The minimum absolute atomic E-state index is 0.294. The lowest BCUT2D eigenvalue weighted by atomic mass is 10.0. The molecule has 0 aromatic heterocycles. The minimum Gasteiger partial charge on any atom is -0.381 e. The Bertz CT molecular complexity index is 248. The molecule has 0 aromatic rings. The number of amides is 1. The Morgan fingerprint density at radius 1 is 1.24 bits per heavy atom. The van der Waals surface area contributed by atoms with Gasteiger partial charge in [0.15, 0.2) is 0 Å². The molecule has 3 nitrogen and oxygen atoms in total. The number of fused-ring (bicyclic) bond motifs is 1. The van der Waals surface area contributed by atoms with Gasteiger partial charge in [0.2, 0.25) is 5.91 Å². The van der Waals surface area contributed by atoms with Gasteiger partial charge in [-0.15, -0.1) is 0 Å². The first kappa shape index (κ1) is 13.3. The van der Waals surface area contributed by atoms with Crippen molar-refractivity contribution in [3.05, 3.63) is 0 Å². The highest BCUT2D eigenvalue weighted by atomic mass is 79.9. The molecule has 2 fully saturated rings. The van der Waals surface area contributed by atoms with Crippen molar-refractivity contribution in [1.29, 1.82) is 0 Å². The van der Waals surface area contributed by atoms with Gasteiger partial charge in [-0.2, -0.15) is 0 Å². The van der Waals surface area contributed by atoms with E-state index in [4.69, 9.17) is 4.74 Å². The van der Waals surface area contributed by atoms with Crippen LogP contribution in [0.2, 0.25) is 0 Å². The number of carbonyl (C=O) groups is 1. The molecule has 1 N–H and O–H groups in total. The van der Waals surface area contributed by atoms with E-state index in [1.54, 1.807) is 0 Å². The van der Waals surface area contributed by atoms with E-state index in [9.17, 15) is 4.79 Å². The van der Waals surface area contributed by atoms with Crippen LogP contribution in [0.1, 0.15) is 32.1 Å². The predicted molar refractivity (Wildman–Crippen MR) is 71.2 cm³/mol. The first-order valence-electron chi connectivity index (χ1n) is 6.76. The zero-order valence-corrected chi connectivity index (χ0v) is 11.9. The predicted octanol–water partition coefficient (Wildman–Crippen LogP) is 2.34. The third kappa shape index (κ3) is 3.68. The third-order valence-corrected chi connectivity index (χ3v) is 4.27. The van der Waals surface area contributed by atoms with Gasteiger partial charge in [-0.1, -0.05) is 28.8 Å². The Morgan fingerprint density at radius 2 is 1.94 bits per heavy atom. The third-order valence-electron chi connectivity index (χ3n) is 3.95. The number of ether oxygens (including phenoxy) is 1. The molecule has 0 radical (unpaired) electrons. The molecule has 2 saturated carbocycles. The highest BCUT2D eigenvalue weighted by Gasteiger charge is 2.54. The average Bonchev–Trinajstić information content (AvgIpc) is 3.07. The van der Waals surface area contributed by atoms with Crippen LogP contribution in [-0.2, 0) is 9.53 Å². The van der Waals surface area contributed by atoms with Crippen LogP contribution in [0, 0.1) is 17.8 Å². The van der Waals surface area contributed by atoms with Crippen molar-refractivity contribution in [1.82, 2.24) is 5.32 Å². The van der Waals surface area contributed by atoms with E-state index in [2.05, 4.69) is 21.2 Å². The highest BCUT2D eigenvalue weighted by molar-refractivity contribution is 9.09. The number of carbonyl (C=O) groups excluding carboxylic acids is 1. The molecular weight excluding hydrogens is 282 g/mol. The largest absolute Gasteiger partial charge is 0.381 e. The van der Waals surface area contributed by atoms with Crippen molar-refractivity contribution in [2.75, 3.05) is 25.1 Å². The first-order chi connectivity index (χ1) is 8.34. The van der Waals surface area contributed by atoms with Crippen molar-refractivity contribution < 1.29 is 9.53 Å². The summed E-state index contributed by atoms with van der Waals surface area (Å²) in [7, 11) is 0. The highest BCUT2D eigenvalue weighted by Crippen LogP contribution is 2.55. The van der Waals surface area contributed by atoms with Crippen LogP contribution in [-0.4, -0.2) is 31.0 Å². The maximum absolute atomic E-state index is 11.9. The topological polar surface area (TPSA) is 38.3 Å². The van der Waals surface area contributed by atoms with Crippen LogP contribution in [0.25, 0.3) is 0 Å². The molecule has 98 valence electrons. The van der Waals surface area contributed by atoms with E-state index >= 15 is 0 Å². The van der Waals surface area contributed by atoms with Crippen LogP contribution in [0.4, 0.5) is 0 Å². The maximum atomic E-state index is 11.9. The van der Waals surface area contributed by atoms with Gasteiger partial charge >= 0.3 is 0 Å². The molecule has 17 heavy (non-hydrogen) atoms. The van der Waals surface area contributed by atoms with Crippen molar-refractivity contribution in [2.45, 2.75) is 32.1 Å². The van der Waals surface area contributed by atoms with Gasteiger partial charge in [0.25, 0.3) is 0 Å². The molecule has 1 amide bonds. The Labute approximate surface area is 112 Å². The monoisotopic (exact) mass is 303 g/mol. The van der Waals surface area contributed by atoms with Crippen LogP contribution in [0.5, 0.6) is 0 Å². The van der Waals surface area contributed by atoms with E-state index in [-0.39, 0.29) is 0 Å². The second-order valence-corrected chi connectivity index (χ2v) is 5.88. The Morgan fingerprint density at radius 3 is 2.59 bits per heavy atom. The standard InChI is InChI=1S/C13H22BrNO2/c14-6-9-17-8-3-7-15-13(16)12-10-4-1-2-5-11(10)12/h10-12H,1-9H2,(H,15,16). The molecule has 0 aliphatic heterocycles. The smallest absolute Gasteiger partial charge is 0.223 e.